The van der Waals surface area contributed by atoms with Gasteiger partial charge in [-0.15, -0.1) is 0 Å². The van der Waals surface area contributed by atoms with Gasteiger partial charge < -0.3 is 20.1 Å². The monoisotopic (exact) mass is 439 g/mol. The molecular weight excluding hydrogens is 406 g/mol. The number of rotatable bonds is 8. The number of nitrogens with one attached hydrogen (secondary N) is 2. The van der Waals surface area contributed by atoms with Gasteiger partial charge in [0.2, 0.25) is 5.91 Å². The van der Waals surface area contributed by atoms with Crippen LogP contribution < -0.4 is 20.1 Å². The van der Waals surface area contributed by atoms with E-state index >= 15 is 0 Å². The van der Waals surface area contributed by atoms with Gasteiger partial charge in [-0.2, -0.15) is 0 Å². The Morgan fingerprint density at radius 3 is 2.38 bits per heavy atom. The Kier molecular flexibility index (Phi) is 8.11. The first-order chi connectivity index (χ1) is 15.4. The highest BCUT2D eigenvalue weighted by Gasteiger charge is 2.21. The van der Waals surface area contributed by atoms with Crippen molar-refractivity contribution in [2.24, 2.45) is 5.92 Å². The lowest BCUT2D eigenvalue weighted by atomic mass is 9.95. The summed E-state index contributed by atoms with van der Waals surface area (Å²) in [6.07, 6.45) is 0.856. The number of hydrogen-bond donors (Lipinski definition) is 2. The molecule has 2 aromatic rings. The lowest BCUT2D eigenvalue weighted by Crippen LogP contribution is -2.38. The van der Waals surface area contributed by atoms with Gasteiger partial charge in [-0.25, -0.2) is 0 Å². The first kappa shape index (κ1) is 23.6. The van der Waals surface area contributed by atoms with Crippen LogP contribution in [0.15, 0.2) is 42.5 Å². The van der Waals surface area contributed by atoms with E-state index in [9.17, 15) is 9.59 Å². The number of carbonyl (C=O) groups excluding carboxylic acids is 2. The summed E-state index contributed by atoms with van der Waals surface area (Å²) in [5, 5.41) is 5.78. The molecule has 0 spiro atoms. The molecule has 1 aliphatic heterocycles. The zero-order valence-corrected chi connectivity index (χ0v) is 19.3. The van der Waals surface area contributed by atoms with E-state index in [0.717, 1.165) is 29.0 Å². The fourth-order valence-corrected chi connectivity index (χ4v) is 3.75. The molecule has 2 N–H and O–H groups in total. The summed E-state index contributed by atoms with van der Waals surface area (Å²) in [6, 6.07) is 13.2. The van der Waals surface area contributed by atoms with Crippen LogP contribution in [-0.2, 0) is 11.3 Å². The fourth-order valence-electron chi connectivity index (χ4n) is 3.75. The number of carbonyl (C=O) groups is 2. The third-order valence-corrected chi connectivity index (χ3v) is 5.42. The Bertz CT molecular complexity index is 927. The van der Waals surface area contributed by atoms with Gasteiger partial charge >= 0.3 is 0 Å². The summed E-state index contributed by atoms with van der Waals surface area (Å²) >= 11 is 0. The molecule has 1 aliphatic rings. The topological polar surface area (TPSA) is 79.9 Å². The average Bonchev–Trinajstić information content (AvgIpc) is 3.02. The Labute approximate surface area is 190 Å². The van der Waals surface area contributed by atoms with Crippen molar-refractivity contribution in [2.45, 2.75) is 32.9 Å². The second kappa shape index (κ2) is 11.0. The van der Waals surface area contributed by atoms with E-state index in [0.29, 0.717) is 25.3 Å². The summed E-state index contributed by atoms with van der Waals surface area (Å²) < 4.78 is 11.5. The molecule has 7 nitrogen and oxygen atoms in total. The molecule has 1 unspecified atom stereocenters. The predicted octanol–water partition coefficient (Wildman–Crippen LogP) is 3.15. The standard InChI is InChI=1S/C25H33N3O4/c1-17(2)24(20-10-11-21-22(14-20)32-13-5-12-31-21)27-23(29)16-28(4)15-18-6-8-19(9-7-18)25(30)26-3/h6-11,14,17,24H,5,12-13,15-16H2,1-4H3,(H,26,30)(H,27,29). The largest absolute Gasteiger partial charge is 0.490 e. The van der Waals surface area contributed by atoms with Crippen LogP contribution >= 0.6 is 0 Å². The van der Waals surface area contributed by atoms with E-state index in [2.05, 4.69) is 24.5 Å². The number of ether oxygens (including phenoxy) is 2. The number of likely N-dealkylation sites (N-methyl/N-ethyl adjacent to an activating group) is 1. The fraction of sp³-hybridized carbons (Fsp3) is 0.440. The van der Waals surface area contributed by atoms with Crippen LogP contribution in [-0.4, -0.2) is 50.6 Å². The molecule has 3 rings (SSSR count). The Balaban J connectivity index is 1.60. The minimum atomic E-state index is -0.125. The van der Waals surface area contributed by atoms with Crippen molar-refractivity contribution in [1.29, 1.82) is 0 Å². The molecule has 1 heterocycles. The first-order valence-corrected chi connectivity index (χ1v) is 11.1. The minimum absolute atomic E-state index is 0.0414. The molecule has 0 aromatic heterocycles. The number of benzene rings is 2. The molecule has 2 amide bonds. The van der Waals surface area contributed by atoms with Gasteiger partial charge in [-0.1, -0.05) is 32.0 Å². The molecule has 172 valence electrons. The van der Waals surface area contributed by atoms with E-state index in [1.165, 1.54) is 0 Å². The van der Waals surface area contributed by atoms with Crippen LogP contribution in [0.3, 0.4) is 0 Å². The highest BCUT2D eigenvalue weighted by Crippen LogP contribution is 2.34. The van der Waals surface area contributed by atoms with Gasteiger partial charge in [-0.3, -0.25) is 14.5 Å². The average molecular weight is 440 g/mol. The molecule has 0 radical (unpaired) electrons. The van der Waals surface area contributed by atoms with E-state index in [4.69, 9.17) is 9.47 Å². The van der Waals surface area contributed by atoms with Gasteiger partial charge in [0.1, 0.15) is 0 Å². The van der Waals surface area contributed by atoms with Crippen molar-refractivity contribution in [3.63, 3.8) is 0 Å². The molecule has 0 bridgehead atoms. The summed E-state index contributed by atoms with van der Waals surface area (Å²) in [5.74, 6) is 1.55. The van der Waals surface area contributed by atoms with Gasteiger partial charge in [0, 0.05) is 25.6 Å². The van der Waals surface area contributed by atoms with Gasteiger partial charge in [0.05, 0.1) is 25.8 Å². The van der Waals surface area contributed by atoms with Crippen LogP contribution in [0.2, 0.25) is 0 Å². The quantitative estimate of drug-likeness (QED) is 0.661. The maximum absolute atomic E-state index is 12.8. The molecule has 7 heteroatoms. The highest BCUT2D eigenvalue weighted by molar-refractivity contribution is 5.93. The lowest BCUT2D eigenvalue weighted by Gasteiger charge is -2.25. The van der Waals surface area contributed by atoms with E-state index < -0.39 is 0 Å². The van der Waals surface area contributed by atoms with Crippen LogP contribution in [0.4, 0.5) is 0 Å². The second-order valence-electron chi connectivity index (χ2n) is 8.49. The highest BCUT2D eigenvalue weighted by atomic mass is 16.5. The van der Waals surface area contributed by atoms with Crippen LogP contribution in [0.1, 0.15) is 47.8 Å². The van der Waals surface area contributed by atoms with Crippen LogP contribution in [0, 0.1) is 5.92 Å². The summed E-state index contributed by atoms with van der Waals surface area (Å²) in [5.41, 5.74) is 2.66. The van der Waals surface area contributed by atoms with Gasteiger partial charge in [0.25, 0.3) is 5.91 Å². The van der Waals surface area contributed by atoms with E-state index in [1.54, 1.807) is 19.2 Å². The third kappa shape index (κ3) is 6.23. The van der Waals surface area contributed by atoms with Crippen molar-refractivity contribution in [3.05, 3.63) is 59.2 Å². The molecule has 1 atom stereocenters. The van der Waals surface area contributed by atoms with E-state index in [-0.39, 0.29) is 30.3 Å². The number of fused-ring (bicyclic) bond motifs is 1. The van der Waals surface area contributed by atoms with Gasteiger partial charge in [-0.05, 0) is 48.4 Å². The zero-order chi connectivity index (χ0) is 23.1. The van der Waals surface area contributed by atoms with Crippen molar-refractivity contribution < 1.29 is 19.1 Å². The maximum atomic E-state index is 12.8. The normalized spacial score (nSPS) is 14.1. The van der Waals surface area contributed by atoms with Crippen LogP contribution in [0.5, 0.6) is 11.5 Å². The lowest BCUT2D eigenvalue weighted by molar-refractivity contribution is -0.123. The van der Waals surface area contributed by atoms with Crippen molar-refractivity contribution in [2.75, 3.05) is 33.9 Å². The summed E-state index contributed by atoms with van der Waals surface area (Å²) in [4.78, 5) is 26.4. The molecule has 0 saturated heterocycles. The number of amides is 2. The zero-order valence-electron chi connectivity index (χ0n) is 19.3. The van der Waals surface area contributed by atoms with E-state index in [1.807, 2.05) is 42.3 Å². The number of hydrogen-bond acceptors (Lipinski definition) is 5. The molecule has 0 saturated carbocycles. The molecule has 2 aromatic carbocycles. The third-order valence-electron chi connectivity index (χ3n) is 5.42. The van der Waals surface area contributed by atoms with Gasteiger partial charge in [0.15, 0.2) is 11.5 Å². The van der Waals surface area contributed by atoms with Crippen LogP contribution in [0.25, 0.3) is 0 Å². The molecule has 0 aliphatic carbocycles. The Morgan fingerprint density at radius 2 is 1.72 bits per heavy atom. The molecular formula is C25H33N3O4. The summed E-state index contributed by atoms with van der Waals surface area (Å²) in [6.45, 7) is 6.34. The Morgan fingerprint density at radius 1 is 1.03 bits per heavy atom. The maximum Gasteiger partial charge on any atom is 0.251 e. The molecule has 32 heavy (non-hydrogen) atoms. The van der Waals surface area contributed by atoms with Crippen molar-refractivity contribution in [1.82, 2.24) is 15.5 Å². The van der Waals surface area contributed by atoms with Crippen molar-refractivity contribution >= 4 is 11.8 Å². The first-order valence-electron chi connectivity index (χ1n) is 11.1. The second-order valence-corrected chi connectivity index (χ2v) is 8.49. The predicted molar refractivity (Wildman–Crippen MR) is 124 cm³/mol. The SMILES string of the molecule is CNC(=O)c1ccc(CN(C)CC(=O)NC(c2ccc3c(c2)OCCCO3)C(C)C)cc1. The molecule has 0 fully saturated rings. The Hall–Kier alpha value is -3.06. The number of nitrogens with zero attached hydrogens (tertiary/aromatic N) is 1. The minimum Gasteiger partial charge on any atom is -0.490 e. The smallest absolute Gasteiger partial charge is 0.251 e. The van der Waals surface area contributed by atoms with Crippen molar-refractivity contribution in [3.8, 4) is 11.5 Å². The summed E-state index contributed by atoms with van der Waals surface area (Å²) in [7, 11) is 3.52.